The predicted octanol–water partition coefficient (Wildman–Crippen LogP) is 4.28. The van der Waals surface area contributed by atoms with Crippen molar-refractivity contribution in [2.45, 2.75) is 31.2 Å². The zero-order chi connectivity index (χ0) is 17.4. The molecule has 1 unspecified atom stereocenters. The fourth-order valence-electron chi connectivity index (χ4n) is 2.46. The molecule has 3 rings (SSSR count). The minimum Gasteiger partial charge on any atom is -0.290 e. The maximum atomic E-state index is 12.9. The lowest BCUT2D eigenvalue weighted by Gasteiger charge is -2.09. The molecule has 0 spiro atoms. The van der Waals surface area contributed by atoms with Crippen molar-refractivity contribution in [3.8, 4) is 17.2 Å². The Morgan fingerprint density at radius 2 is 2.08 bits per heavy atom. The summed E-state index contributed by atoms with van der Waals surface area (Å²) >= 11 is 2.78. The molecule has 4 nitrogen and oxygen atoms in total. The molecule has 3 aromatic rings. The van der Waals surface area contributed by atoms with Gasteiger partial charge in [0, 0.05) is 18.0 Å². The molecule has 2 aromatic heterocycles. The lowest BCUT2D eigenvalue weighted by molar-refractivity contribution is 0.727. The third-order valence-corrected chi connectivity index (χ3v) is 5.96. The number of hydrogen-bond donors (Lipinski definition) is 0. The quantitative estimate of drug-likeness (QED) is 0.520. The Bertz CT molecular complexity index is 1030. The van der Waals surface area contributed by atoms with Crippen LogP contribution in [-0.2, 0) is 7.05 Å². The second-order valence-corrected chi connectivity index (χ2v) is 7.94. The molecule has 1 atom stereocenters. The van der Waals surface area contributed by atoms with Gasteiger partial charge in [0.25, 0.3) is 5.56 Å². The molecule has 0 amide bonds. The smallest absolute Gasteiger partial charge is 0.263 e. The molecule has 0 aliphatic rings. The molecule has 122 valence electrons. The largest absolute Gasteiger partial charge is 0.290 e. The van der Waals surface area contributed by atoms with Crippen LogP contribution in [0.3, 0.4) is 0 Å². The summed E-state index contributed by atoms with van der Waals surface area (Å²) in [6.45, 7) is 5.95. The first kappa shape index (κ1) is 16.7. The van der Waals surface area contributed by atoms with Crippen molar-refractivity contribution in [1.82, 2.24) is 9.55 Å². The van der Waals surface area contributed by atoms with Gasteiger partial charge in [0.2, 0.25) is 0 Å². The number of rotatable bonds is 3. The summed E-state index contributed by atoms with van der Waals surface area (Å²) in [4.78, 5) is 18.2. The van der Waals surface area contributed by atoms with E-state index in [0.29, 0.717) is 10.5 Å². The molecule has 0 saturated carbocycles. The van der Waals surface area contributed by atoms with Crippen LogP contribution in [0.2, 0.25) is 0 Å². The monoisotopic (exact) mass is 355 g/mol. The molecule has 0 N–H and O–H groups in total. The Morgan fingerprint density at radius 3 is 2.75 bits per heavy atom. The van der Waals surface area contributed by atoms with Crippen LogP contribution in [0.25, 0.3) is 21.3 Å². The van der Waals surface area contributed by atoms with E-state index in [1.54, 1.807) is 14.0 Å². The fraction of sp³-hybridized carbons (Fsp3) is 0.278. The van der Waals surface area contributed by atoms with Crippen molar-refractivity contribution in [1.29, 1.82) is 5.26 Å². The molecule has 0 bridgehead atoms. The molecule has 0 radical (unpaired) electrons. The molecule has 1 aromatic carbocycles. The van der Waals surface area contributed by atoms with Gasteiger partial charge in [-0.15, -0.1) is 11.3 Å². The minimum absolute atomic E-state index is 0.0675. The van der Waals surface area contributed by atoms with Crippen molar-refractivity contribution in [2.24, 2.45) is 7.05 Å². The number of fused-ring (bicyclic) bond motifs is 1. The van der Waals surface area contributed by atoms with Gasteiger partial charge < -0.3 is 0 Å². The number of nitriles is 1. The van der Waals surface area contributed by atoms with Crippen LogP contribution in [-0.4, -0.2) is 14.8 Å². The zero-order valence-electron chi connectivity index (χ0n) is 14.0. The summed E-state index contributed by atoms with van der Waals surface area (Å²) < 4.78 is 1.54. The molecule has 0 saturated heterocycles. The molecule has 0 aliphatic heterocycles. The average Bonchev–Trinajstić information content (AvgIpc) is 2.98. The van der Waals surface area contributed by atoms with E-state index < -0.39 is 0 Å². The Labute approximate surface area is 148 Å². The Balaban J connectivity index is 2.20. The highest BCUT2D eigenvalue weighted by Gasteiger charge is 2.17. The van der Waals surface area contributed by atoms with Crippen molar-refractivity contribution < 1.29 is 0 Å². The maximum absolute atomic E-state index is 12.9. The highest BCUT2D eigenvalue weighted by molar-refractivity contribution is 8.00. The molecular formula is C18H17N3OS2. The second-order valence-electron chi connectivity index (χ2n) is 5.78. The third-order valence-electron chi connectivity index (χ3n) is 4.06. The summed E-state index contributed by atoms with van der Waals surface area (Å²) in [5, 5.41) is 12.0. The molecule has 2 heterocycles. The number of hydrogen-bond acceptors (Lipinski definition) is 5. The summed E-state index contributed by atoms with van der Waals surface area (Å²) in [5.74, 6) is 0. The van der Waals surface area contributed by atoms with E-state index in [2.05, 4.69) is 37.0 Å². The summed E-state index contributed by atoms with van der Waals surface area (Å²) in [6, 6.07) is 8.39. The van der Waals surface area contributed by atoms with Gasteiger partial charge in [0.05, 0.1) is 16.7 Å². The number of thiophene rings is 1. The first-order valence-corrected chi connectivity index (χ1v) is 9.30. The third kappa shape index (κ3) is 2.85. The molecule has 0 aliphatic carbocycles. The van der Waals surface area contributed by atoms with E-state index in [1.165, 1.54) is 38.8 Å². The van der Waals surface area contributed by atoms with Gasteiger partial charge in [-0.2, -0.15) is 5.26 Å². The van der Waals surface area contributed by atoms with Crippen LogP contribution < -0.4 is 5.56 Å². The fourth-order valence-corrected chi connectivity index (χ4v) is 4.21. The standard InChI is InChI=1S/C18H17N3OS2/c1-10-5-6-13(7-11(10)2)14-9-23-16-15(14)17(22)21(4)18(20-16)24-12(3)8-19/h5-7,9,12H,1-4H3. The SMILES string of the molecule is Cc1ccc(-c2csc3nc(SC(C)C#N)n(C)c(=O)c23)cc1C. The minimum atomic E-state index is -0.250. The van der Waals surface area contributed by atoms with E-state index in [-0.39, 0.29) is 10.8 Å². The Hall–Kier alpha value is -2.10. The predicted molar refractivity (Wildman–Crippen MR) is 101 cm³/mol. The van der Waals surface area contributed by atoms with Crippen LogP contribution in [0.4, 0.5) is 0 Å². The van der Waals surface area contributed by atoms with E-state index in [4.69, 9.17) is 5.26 Å². The maximum Gasteiger partial charge on any atom is 0.263 e. The Kier molecular flexibility index (Phi) is 4.48. The number of benzene rings is 1. The first-order chi connectivity index (χ1) is 11.4. The highest BCUT2D eigenvalue weighted by Crippen LogP contribution is 2.33. The van der Waals surface area contributed by atoms with Crippen molar-refractivity contribution in [3.05, 3.63) is 45.1 Å². The lowest BCUT2D eigenvalue weighted by atomic mass is 10.0. The van der Waals surface area contributed by atoms with Crippen molar-refractivity contribution >= 4 is 33.3 Å². The van der Waals surface area contributed by atoms with Crippen LogP contribution >= 0.6 is 23.1 Å². The van der Waals surface area contributed by atoms with E-state index in [9.17, 15) is 4.79 Å². The van der Waals surface area contributed by atoms with Gasteiger partial charge in [-0.1, -0.05) is 30.0 Å². The van der Waals surface area contributed by atoms with Gasteiger partial charge in [-0.25, -0.2) is 4.98 Å². The van der Waals surface area contributed by atoms with E-state index in [0.717, 1.165) is 16.0 Å². The normalized spacial score (nSPS) is 12.3. The van der Waals surface area contributed by atoms with Crippen LogP contribution in [0.1, 0.15) is 18.1 Å². The topological polar surface area (TPSA) is 58.7 Å². The Morgan fingerprint density at radius 1 is 1.33 bits per heavy atom. The zero-order valence-corrected chi connectivity index (χ0v) is 15.6. The van der Waals surface area contributed by atoms with Gasteiger partial charge in [-0.05, 0) is 37.5 Å². The van der Waals surface area contributed by atoms with Gasteiger partial charge >= 0.3 is 0 Å². The number of thioether (sulfide) groups is 1. The summed E-state index contributed by atoms with van der Waals surface area (Å²) in [7, 11) is 1.71. The van der Waals surface area contributed by atoms with E-state index >= 15 is 0 Å². The van der Waals surface area contributed by atoms with Crippen LogP contribution in [0, 0.1) is 25.2 Å². The first-order valence-electron chi connectivity index (χ1n) is 7.54. The van der Waals surface area contributed by atoms with Crippen LogP contribution in [0.15, 0.2) is 33.5 Å². The molecule has 6 heteroatoms. The number of aromatic nitrogens is 2. The molecule has 0 fully saturated rings. The van der Waals surface area contributed by atoms with Gasteiger partial charge in [0.15, 0.2) is 5.16 Å². The highest BCUT2D eigenvalue weighted by atomic mass is 32.2. The van der Waals surface area contributed by atoms with Gasteiger partial charge in [0.1, 0.15) is 4.83 Å². The van der Waals surface area contributed by atoms with Crippen LogP contribution in [0.5, 0.6) is 0 Å². The van der Waals surface area contributed by atoms with Crippen molar-refractivity contribution in [3.63, 3.8) is 0 Å². The number of nitrogens with zero attached hydrogens (tertiary/aromatic N) is 3. The summed E-state index contributed by atoms with van der Waals surface area (Å²) in [6.07, 6.45) is 0. The molecular weight excluding hydrogens is 338 g/mol. The summed E-state index contributed by atoms with van der Waals surface area (Å²) in [5.41, 5.74) is 4.33. The molecule has 24 heavy (non-hydrogen) atoms. The van der Waals surface area contributed by atoms with E-state index in [1.807, 2.05) is 11.4 Å². The lowest BCUT2D eigenvalue weighted by Crippen LogP contribution is -2.20. The average molecular weight is 355 g/mol. The van der Waals surface area contributed by atoms with Gasteiger partial charge in [-0.3, -0.25) is 9.36 Å². The second kappa shape index (κ2) is 6.42. The number of aryl methyl sites for hydroxylation is 2. The van der Waals surface area contributed by atoms with Crippen molar-refractivity contribution in [2.75, 3.05) is 0 Å².